The maximum Gasteiger partial charge on any atom is 0.338 e. The molecule has 146 valence electrons. The van der Waals surface area contributed by atoms with Crippen LogP contribution < -0.4 is 0 Å². The molecule has 0 aromatic heterocycles. The molecule has 0 N–H and O–H groups in total. The lowest BCUT2D eigenvalue weighted by Crippen LogP contribution is -2.15. The SMILES string of the molecule is CCCCOCCOC(=O)c1cc(I)cc(C(=O)OCCC(C)OC)c1. The molecule has 0 saturated carbocycles. The molecule has 1 aromatic carbocycles. The summed E-state index contributed by atoms with van der Waals surface area (Å²) < 4.78 is 21.6. The van der Waals surface area contributed by atoms with Crippen LogP contribution in [0.4, 0.5) is 0 Å². The lowest BCUT2D eigenvalue weighted by Gasteiger charge is -2.11. The number of benzene rings is 1. The van der Waals surface area contributed by atoms with Gasteiger partial charge in [-0.05, 0) is 54.1 Å². The van der Waals surface area contributed by atoms with Gasteiger partial charge < -0.3 is 18.9 Å². The maximum atomic E-state index is 12.2. The van der Waals surface area contributed by atoms with Crippen molar-refractivity contribution in [3.05, 3.63) is 32.9 Å². The van der Waals surface area contributed by atoms with E-state index in [0.717, 1.165) is 16.4 Å². The Hall–Kier alpha value is -1.19. The molecule has 0 fully saturated rings. The standard InChI is InChI=1S/C19H27IO6/c1-4-5-7-24-9-10-26-19(22)16-11-15(12-17(20)13-16)18(21)25-8-6-14(2)23-3/h11-14H,4-10H2,1-3H3. The van der Waals surface area contributed by atoms with Gasteiger partial charge in [0, 0.05) is 23.7 Å². The van der Waals surface area contributed by atoms with E-state index in [1.165, 1.54) is 6.07 Å². The van der Waals surface area contributed by atoms with E-state index in [1.54, 1.807) is 19.2 Å². The smallest absolute Gasteiger partial charge is 0.338 e. The largest absolute Gasteiger partial charge is 0.462 e. The number of hydrogen-bond donors (Lipinski definition) is 0. The first kappa shape index (κ1) is 22.9. The van der Waals surface area contributed by atoms with Crippen molar-refractivity contribution in [2.75, 3.05) is 33.5 Å². The molecule has 0 bridgehead atoms. The van der Waals surface area contributed by atoms with E-state index in [4.69, 9.17) is 18.9 Å². The van der Waals surface area contributed by atoms with Crippen LogP contribution >= 0.6 is 22.6 Å². The monoisotopic (exact) mass is 478 g/mol. The van der Waals surface area contributed by atoms with Crippen molar-refractivity contribution in [1.82, 2.24) is 0 Å². The summed E-state index contributed by atoms with van der Waals surface area (Å²) in [6.45, 7) is 5.45. The molecular weight excluding hydrogens is 451 g/mol. The second-order valence-electron chi connectivity index (χ2n) is 5.80. The van der Waals surface area contributed by atoms with Crippen LogP contribution in [0, 0.1) is 3.57 Å². The zero-order valence-corrected chi connectivity index (χ0v) is 17.7. The fraction of sp³-hybridized carbons (Fsp3) is 0.579. The molecule has 1 aromatic rings. The van der Waals surface area contributed by atoms with Crippen LogP contribution in [0.15, 0.2) is 18.2 Å². The third kappa shape index (κ3) is 8.95. The molecule has 0 radical (unpaired) electrons. The Morgan fingerprint density at radius 2 is 1.62 bits per heavy atom. The van der Waals surface area contributed by atoms with Crippen molar-refractivity contribution in [2.45, 2.75) is 39.2 Å². The minimum Gasteiger partial charge on any atom is -0.462 e. The fourth-order valence-electron chi connectivity index (χ4n) is 1.97. The molecule has 0 saturated heterocycles. The molecule has 0 aliphatic carbocycles. The topological polar surface area (TPSA) is 71.1 Å². The van der Waals surface area contributed by atoms with E-state index in [2.05, 4.69) is 29.5 Å². The normalized spacial score (nSPS) is 11.8. The predicted molar refractivity (Wildman–Crippen MR) is 107 cm³/mol. The number of halogens is 1. The van der Waals surface area contributed by atoms with Crippen molar-refractivity contribution in [2.24, 2.45) is 0 Å². The van der Waals surface area contributed by atoms with Crippen LogP contribution in [-0.2, 0) is 18.9 Å². The predicted octanol–water partition coefficient (Wildman–Crippen LogP) is 3.85. The first-order valence-corrected chi connectivity index (χ1v) is 9.81. The number of unbranched alkanes of at least 4 members (excludes halogenated alkanes) is 1. The number of carbonyl (C=O) groups excluding carboxylic acids is 2. The fourth-order valence-corrected chi connectivity index (χ4v) is 2.64. The molecule has 0 amide bonds. The summed E-state index contributed by atoms with van der Waals surface area (Å²) in [6.07, 6.45) is 2.67. The van der Waals surface area contributed by atoms with Gasteiger partial charge in [-0.15, -0.1) is 0 Å². The second-order valence-corrected chi connectivity index (χ2v) is 7.05. The summed E-state index contributed by atoms with van der Waals surface area (Å²) in [5.41, 5.74) is 0.649. The number of rotatable bonds is 12. The Morgan fingerprint density at radius 1 is 1.00 bits per heavy atom. The summed E-state index contributed by atoms with van der Waals surface area (Å²) in [6, 6.07) is 4.84. The molecule has 1 atom stereocenters. The maximum absolute atomic E-state index is 12.2. The minimum atomic E-state index is -0.482. The van der Waals surface area contributed by atoms with Crippen molar-refractivity contribution in [3.63, 3.8) is 0 Å². The third-order valence-corrected chi connectivity index (χ3v) is 4.25. The zero-order valence-electron chi connectivity index (χ0n) is 15.6. The van der Waals surface area contributed by atoms with Crippen LogP contribution in [0.3, 0.4) is 0 Å². The third-order valence-electron chi connectivity index (χ3n) is 3.63. The molecular formula is C19H27IO6. The number of ether oxygens (including phenoxy) is 4. The van der Waals surface area contributed by atoms with Crippen molar-refractivity contribution in [3.8, 4) is 0 Å². The highest BCUT2D eigenvalue weighted by Gasteiger charge is 2.15. The van der Waals surface area contributed by atoms with Gasteiger partial charge in [0.2, 0.25) is 0 Å². The molecule has 1 unspecified atom stereocenters. The molecule has 7 heteroatoms. The molecule has 0 heterocycles. The Bertz CT molecular complexity index is 575. The second kappa shape index (κ2) is 13.1. The van der Waals surface area contributed by atoms with Gasteiger partial charge in [-0.25, -0.2) is 9.59 Å². The van der Waals surface area contributed by atoms with Crippen molar-refractivity contribution < 1.29 is 28.5 Å². The zero-order chi connectivity index (χ0) is 19.4. The number of carbonyl (C=O) groups is 2. The van der Waals surface area contributed by atoms with Gasteiger partial charge in [0.25, 0.3) is 0 Å². The first-order chi connectivity index (χ1) is 12.5. The highest BCUT2D eigenvalue weighted by molar-refractivity contribution is 14.1. The van der Waals surface area contributed by atoms with Gasteiger partial charge >= 0.3 is 11.9 Å². The quantitative estimate of drug-likeness (QED) is 0.258. The number of hydrogen-bond acceptors (Lipinski definition) is 6. The van der Waals surface area contributed by atoms with E-state index in [1.807, 2.05) is 6.92 Å². The van der Waals surface area contributed by atoms with E-state index in [9.17, 15) is 9.59 Å². The minimum absolute atomic E-state index is 0.0174. The summed E-state index contributed by atoms with van der Waals surface area (Å²) in [5.74, 6) is -0.951. The van der Waals surface area contributed by atoms with Gasteiger partial charge in [0.15, 0.2) is 0 Å². The molecule has 26 heavy (non-hydrogen) atoms. The molecule has 6 nitrogen and oxygen atoms in total. The average Bonchev–Trinajstić information content (AvgIpc) is 2.63. The van der Waals surface area contributed by atoms with E-state index in [0.29, 0.717) is 30.8 Å². The van der Waals surface area contributed by atoms with E-state index < -0.39 is 11.9 Å². The molecule has 0 aliphatic heterocycles. The van der Waals surface area contributed by atoms with Crippen molar-refractivity contribution >= 4 is 34.5 Å². The number of methoxy groups -OCH3 is 1. The summed E-state index contributed by atoms with van der Waals surface area (Å²) in [4.78, 5) is 24.3. The van der Waals surface area contributed by atoms with Crippen molar-refractivity contribution in [1.29, 1.82) is 0 Å². The number of esters is 2. The summed E-state index contributed by atoms with van der Waals surface area (Å²) in [7, 11) is 1.61. The Morgan fingerprint density at radius 3 is 2.19 bits per heavy atom. The van der Waals surface area contributed by atoms with Crippen LogP contribution in [0.1, 0.15) is 53.8 Å². The highest BCUT2D eigenvalue weighted by atomic mass is 127. The molecule has 1 rings (SSSR count). The lowest BCUT2D eigenvalue weighted by molar-refractivity contribution is 0.0313. The first-order valence-electron chi connectivity index (χ1n) is 8.73. The summed E-state index contributed by atoms with van der Waals surface area (Å²) in [5, 5.41) is 0. The van der Waals surface area contributed by atoms with Crippen LogP contribution in [0.25, 0.3) is 0 Å². The van der Waals surface area contributed by atoms with Gasteiger partial charge in [-0.2, -0.15) is 0 Å². The Labute approximate surface area is 168 Å². The average molecular weight is 478 g/mol. The molecule has 0 spiro atoms. The van der Waals surface area contributed by atoms with Crippen LogP contribution in [0.2, 0.25) is 0 Å². The van der Waals surface area contributed by atoms with E-state index in [-0.39, 0.29) is 19.3 Å². The summed E-state index contributed by atoms with van der Waals surface area (Å²) >= 11 is 2.05. The highest BCUT2D eigenvalue weighted by Crippen LogP contribution is 2.15. The van der Waals surface area contributed by atoms with Crippen LogP contribution in [0.5, 0.6) is 0 Å². The van der Waals surface area contributed by atoms with Gasteiger partial charge in [0.05, 0.1) is 30.4 Å². The van der Waals surface area contributed by atoms with Gasteiger partial charge in [0.1, 0.15) is 6.61 Å². The Balaban J connectivity index is 2.54. The lowest BCUT2D eigenvalue weighted by atomic mass is 10.1. The molecule has 0 aliphatic rings. The van der Waals surface area contributed by atoms with Gasteiger partial charge in [-0.3, -0.25) is 0 Å². The van der Waals surface area contributed by atoms with Crippen LogP contribution in [-0.4, -0.2) is 51.6 Å². The van der Waals surface area contributed by atoms with E-state index >= 15 is 0 Å². The van der Waals surface area contributed by atoms with Gasteiger partial charge in [-0.1, -0.05) is 13.3 Å². The Kier molecular flexibility index (Phi) is 11.5.